The molecule has 1 aliphatic carbocycles. The zero-order valence-corrected chi connectivity index (χ0v) is 13.7. The molecule has 134 valence electrons. The molecule has 0 amide bonds. The molecule has 0 fully saturated rings. The molecule has 4 rings (SSSR count). The van der Waals surface area contributed by atoms with Gasteiger partial charge in [0.25, 0.3) is 0 Å². The highest BCUT2D eigenvalue weighted by Crippen LogP contribution is 2.40. The molecule has 0 saturated carbocycles. The Balaban J connectivity index is 1.67. The Morgan fingerprint density at radius 1 is 1.15 bits per heavy atom. The van der Waals surface area contributed by atoms with E-state index in [0.29, 0.717) is 0 Å². The zero-order valence-electron chi connectivity index (χ0n) is 13.7. The summed E-state index contributed by atoms with van der Waals surface area (Å²) in [5.74, 6) is 0.0933. The quantitative estimate of drug-likeness (QED) is 0.845. The molecule has 1 atom stereocenters. The van der Waals surface area contributed by atoms with Crippen LogP contribution in [0.5, 0.6) is 0 Å². The molecule has 2 aromatic rings. The first-order chi connectivity index (χ1) is 12.5. The van der Waals surface area contributed by atoms with Gasteiger partial charge < -0.3 is 10.1 Å². The minimum Gasteiger partial charge on any atom is -0.443 e. The van der Waals surface area contributed by atoms with Gasteiger partial charge in [-0.1, -0.05) is 24.3 Å². The standard InChI is InChI=1S/C19H16F3N3O/c20-19(21,22)15-11-13(18-25-23-9-10-26-18)6-8-17(15)24-16-7-5-12-3-1-2-4-14(12)16/h1-4,6,8-11,16,23-24H,5,7H2/t16-/m0/s1. The van der Waals surface area contributed by atoms with Crippen molar-refractivity contribution >= 4 is 11.6 Å². The summed E-state index contributed by atoms with van der Waals surface area (Å²) in [5.41, 5.74) is 4.37. The van der Waals surface area contributed by atoms with Gasteiger partial charge in [0.05, 0.1) is 17.8 Å². The molecule has 2 aromatic carbocycles. The summed E-state index contributed by atoms with van der Waals surface area (Å²) in [5, 5.41) is 6.93. The summed E-state index contributed by atoms with van der Waals surface area (Å²) < 4.78 is 46.0. The predicted octanol–water partition coefficient (Wildman–Crippen LogP) is 4.56. The van der Waals surface area contributed by atoms with E-state index in [1.165, 1.54) is 24.1 Å². The van der Waals surface area contributed by atoms with Crippen LogP contribution in [0.1, 0.15) is 34.7 Å². The SMILES string of the molecule is FC(F)(F)c1cc(C2=NNC=CO2)ccc1N[C@H]1CCc2ccccc21. The van der Waals surface area contributed by atoms with E-state index in [0.717, 1.165) is 24.5 Å². The van der Waals surface area contributed by atoms with Crippen LogP contribution >= 0.6 is 0 Å². The zero-order chi connectivity index (χ0) is 18.1. The Hall–Kier alpha value is -2.96. The van der Waals surface area contributed by atoms with Crippen molar-refractivity contribution in [2.75, 3.05) is 5.32 Å². The van der Waals surface area contributed by atoms with Crippen molar-refractivity contribution in [1.82, 2.24) is 5.43 Å². The molecule has 0 spiro atoms. The molecule has 0 bridgehead atoms. The lowest BCUT2D eigenvalue weighted by Gasteiger charge is -2.21. The number of halogens is 3. The van der Waals surface area contributed by atoms with E-state index in [4.69, 9.17) is 4.74 Å². The van der Waals surface area contributed by atoms with Gasteiger partial charge in [0.15, 0.2) is 0 Å². The fraction of sp³-hybridized carbons (Fsp3) is 0.211. The maximum absolute atomic E-state index is 13.6. The first-order valence-electron chi connectivity index (χ1n) is 8.23. The van der Waals surface area contributed by atoms with E-state index in [-0.39, 0.29) is 23.2 Å². The monoisotopic (exact) mass is 359 g/mol. The van der Waals surface area contributed by atoms with Crippen LogP contribution in [0.2, 0.25) is 0 Å². The number of hydrogen-bond acceptors (Lipinski definition) is 4. The largest absolute Gasteiger partial charge is 0.443 e. The lowest BCUT2D eigenvalue weighted by atomic mass is 10.0. The van der Waals surface area contributed by atoms with Crippen molar-refractivity contribution < 1.29 is 17.9 Å². The molecular weight excluding hydrogens is 343 g/mol. The molecule has 26 heavy (non-hydrogen) atoms. The van der Waals surface area contributed by atoms with Crippen LogP contribution in [0.4, 0.5) is 18.9 Å². The third kappa shape index (κ3) is 3.12. The third-order valence-corrected chi connectivity index (χ3v) is 4.52. The number of alkyl halides is 3. The van der Waals surface area contributed by atoms with Crippen LogP contribution in [0.25, 0.3) is 0 Å². The Kier molecular flexibility index (Phi) is 4.06. The second-order valence-corrected chi connectivity index (χ2v) is 6.16. The van der Waals surface area contributed by atoms with E-state index >= 15 is 0 Å². The molecule has 7 heteroatoms. The van der Waals surface area contributed by atoms with Gasteiger partial charge in [-0.2, -0.15) is 13.2 Å². The summed E-state index contributed by atoms with van der Waals surface area (Å²) in [6, 6.07) is 11.8. The maximum Gasteiger partial charge on any atom is 0.418 e. The topological polar surface area (TPSA) is 45.7 Å². The Bertz CT molecular complexity index is 890. The lowest BCUT2D eigenvalue weighted by Crippen LogP contribution is -2.17. The number of nitrogens with one attached hydrogen (secondary N) is 2. The lowest BCUT2D eigenvalue weighted by molar-refractivity contribution is -0.137. The highest BCUT2D eigenvalue weighted by molar-refractivity contribution is 5.95. The molecule has 0 radical (unpaired) electrons. The Morgan fingerprint density at radius 2 is 2.00 bits per heavy atom. The van der Waals surface area contributed by atoms with Gasteiger partial charge in [0.1, 0.15) is 6.26 Å². The van der Waals surface area contributed by atoms with Gasteiger partial charge in [-0.3, -0.25) is 5.43 Å². The highest BCUT2D eigenvalue weighted by atomic mass is 19.4. The van der Waals surface area contributed by atoms with Crippen molar-refractivity contribution in [3.8, 4) is 0 Å². The van der Waals surface area contributed by atoms with Crippen molar-refractivity contribution in [2.45, 2.75) is 25.1 Å². The molecule has 4 nitrogen and oxygen atoms in total. The number of nitrogens with zero attached hydrogens (tertiary/aromatic N) is 1. The van der Waals surface area contributed by atoms with Gasteiger partial charge in [0.2, 0.25) is 5.90 Å². The van der Waals surface area contributed by atoms with Crippen LogP contribution in [0.3, 0.4) is 0 Å². The molecule has 0 saturated heterocycles. The number of benzene rings is 2. The average molecular weight is 359 g/mol. The van der Waals surface area contributed by atoms with Gasteiger partial charge in [0, 0.05) is 11.3 Å². The number of fused-ring (bicyclic) bond motifs is 1. The molecule has 0 unspecified atom stereocenters. The molecule has 0 aromatic heterocycles. The smallest absolute Gasteiger partial charge is 0.418 e. The number of aryl methyl sites for hydroxylation is 1. The minimum atomic E-state index is -4.49. The highest BCUT2D eigenvalue weighted by Gasteiger charge is 2.35. The van der Waals surface area contributed by atoms with E-state index in [1.807, 2.05) is 24.3 Å². The number of ether oxygens (including phenoxy) is 1. The number of hydrogen-bond donors (Lipinski definition) is 2. The molecular formula is C19H16F3N3O. The molecule has 1 aliphatic heterocycles. The summed E-state index contributed by atoms with van der Waals surface area (Å²) in [4.78, 5) is 0. The Labute approximate surface area is 148 Å². The first kappa shape index (κ1) is 16.5. The fourth-order valence-electron chi connectivity index (χ4n) is 3.32. The van der Waals surface area contributed by atoms with Gasteiger partial charge >= 0.3 is 6.18 Å². The molecule has 1 heterocycles. The van der Waals surface area contributed by atoms with Crippen LogP contribution in [0, 0.1) is 0 Å². The number of anilines is 1. The van der Waals surface area contributed by atoms with Gasteiger partial charge in [-0.05, 0) is 42.2 Å². The minimum absolute atomic E-state index is 0.0582. The molecule has 2 aliphatic rings. The predicted molar refractivity (Wildman–Crippen MR) is 92.5 cm³/mol. The van der Waals surface area contributed by atoms with Crippen LogP contribution < -0.4 is 10.7 Å². The Morgan fingerprint density at radius 3 is 2.77 bits per heavy atom. The van der Waals surface area contributed by atoms with E-state index < -0.39 is 11.7 Å². The second-order valence-electron chi connectivity index (χ2n) is 6.16. The average Bonchev–Trinajstić information content (AvgIpc) is 3.05. The van der Waals surface area contributed by atoms with Crippen LogP contribution in [0.15, 0.2) is 60.0 Å². The van der Waals surface area contributed by atoms with Crippen molar-refractivity contribution in [3.05, 3.63) is 77.2 Å². The summed E-state index contributed by atoms with van der Waals surface area (Å²) in [6.45, 7) is 0. The second kappa shape index (κ2) is 6.40. The van der Waals surface area contributed by atoms with E-state index in [2.05, 4.69) is 15.8 Å². The maximum atomic E-state index is 13.6. The summed E-state index contributed by atoms with van der Waals surface area (Å²) in [6.07, 6.45) is -0.0906. The first-order valence-corrected chi connectivity index (χ1v) is 8.23. The number of rotatable bonds is 3. The normalized spacial score (nSPS) is 18.6. The van der Waals surface area contributed by atoms with Crippen LogP contribution in [-0.2, 0) is 17.3 Å². The summed E-state index contributed by atoms with van der Waals surface area (Å²) in [7, 11) is 0. The summed E-state index contributed by atoms with van der Waals surface area (Å²) >= 11 is 0. The van der Waals surface area contributed by atoms with Crippen molar-refractivity contribution in [2.24, 2.45) is 5.10 Å². The van der Waals surface area contributed by atoms with Gasteiger partial charge in [-0.25, -0.2) is 0 Å². The third-order valence-electron chi connectivity index (χ3n) is 4.52. The van der Waals surface area contributed by atoms with Gasteiger partial charge in [-0.15, -0.1) is 5.10 Å². The van der Waals surface area contributed by atoms with E-state index in [1.54, 1.807) is 6.07 Å². The number of hydrazone groups is 1. The molecule has 2 N–H and O–H groups in total. The van der Waals surface area contributed by atoms with E-state index in [9.17, 15) is 13.2 Å². The fourth-order valence-corrected chi connectivity index (χ4v) is 3.32. The van der Waals surface area contributed by atoms with Crippen molar-refractivity contribution in [1.29, 1.82) is 0 Å². The van der Waals surface area contributed by atoms with Crippen molar-refractivity contribution in [3.63, 3.8) is 0 Å². The van der Waals surface area contributed by atoms with Crippen LogP contribution in [-0.4, -0.2) is 5.90 Å².